The molecule has 2 aliphatic rings. The van der Waals surface area contributed by atoms with E-state index in [0.29, 0.717) is 33.4 Å². The van der Waals surface area contributed by atoms with Gasteiger partial charge in [0.15, 0.2) is 0 Å². The predicted octanol–water partition coefficient (Wildman–Crippen LogP) is 6.29. The predicted molar refractivity (Wildman–Crippen MR) is 177 cm³/mol. The summed E-state index contributed by atoms with van der Waals surface area (Å²) in [5.41, 5.74) is 5.42. The minimum Gasteiger partial charge on any atom is -0.324 e. The molecule has 1 aliphatic heterocycles. The number of aryl methyl sites for hydroxylation is 1. The molecule has 0 amide bonds. The van der Waals surface area contributed by atoms with Crippen molar-refractivity contribution in [2.24, 2.45) is 0 Å². The van der Waals surface area contributed by atoms with E-state index in [9.17, 15) is 13.2 Å². The number of nitrogens with one attached hydrogen (secondary N) is 2. The maximum Gasteiger partial charge on any atom is 0.260 e. The van der Waals surface area contributed by atoms with Crippen LogP contribution in [0.1, 0.15) is 48.1 Å². The molecule has 1 saturated carbocycles. The van der Waals surface area contributed by atoms with E-state index < -0.39 is 9.84 Å². The number of pyridine rings is 1. The summed E-state index contributed by atoms with van der Waals surface area (Å²) in [6.45, 7) is 3.85. The quantitative estimate of drug-likeness (QED) is 0.211. The van der Waals surface area contributed by atoms with Gasteiger partial charge >= 0.3 is 0 Å². The summed E-state index contributed by atoms with van der Waals surface area (Å²) in [7, 11) is -3.89. The first-order chi connectivity index (χ1) is 21.4. The van der Waals surface area contributed by atoms with E-state index in [0.717, 1.165) is 67.1 Å². The minimum absolute atomic E-state index is 0.0272. The lowest BCUT2D eigenvalue weighted by Crippen LogP contribution is -2.28. The van der Waals surface area contributed by atoms with Crippen LogP contribution >= 0.6 is 23.1 Å². The topological polar surface area (TPSA) is 119 Å². The largest absolute Gasteiger partial charge is 0.324 e. The Bertz CT molecular complexity index is 1980. The molecule has 5 aromatic rings. The zero-order valence-corrected chi connectivity index (χ0v) is 26.6. The fourth-order valence-electron chi connectivity index (χ4n) is 6.08. The Morgan fingerprint density at radius 1 is 1.02 bits per heavy atom. The Kier molecular flexibility index (Phi) is 8.00. The van der Waals surface area contributed by atoms with Crippen molar-refractivity contribution in [2.45, 2.75) is 53.0 Å². The molecule has 0 radical (unpaired) electrons. The molecule has 226 valence electrons. The Morgan fingerprint density at radius 2 is 1.84 bits per heavy atom. The van der Waals surface area contributed by atoms with Crippen LogP contribution in [-0.4, -0.2) is 46.8 Å². The highest BCUT2D eigenvalue weighted by Crippen LogP contribution is 2.36. The highest BCUT2D eigenvalue weighted by molar-refractivity contribution is 7.99. The Labute approximate surface area is 264 Å². The summed E-state index contributed by atoms with van der Waals surface area (Å²) < 4.78 is 29.3. The van der Waals surface area contributed by atoms with Gasteiger partial charge in [0.1, 0.15) is 9.86 Å². The van der Waals surface area contributed by atoms with Gasteiger partial charge in [-0.05, 0) is 55.2 Å². The summed E-state index contributed by atoms with van der Waals surface area (Å²) in [4.78, 5) is 27.9. The molecule has 1 unspecified atom stereocenters. The van der Waals surface area contributed by atoms with Gasteiger partial charge in [0, 0.05) is 58.5 Å². The van der Waals surface area contributed by atoms with Gasteiger partial charge < -0.3 is 10.6 Å². The number of hydrogen-bond donors (Lipinski definition) is 2. The van der Waals surface area contributed by atoms with Crippen molar-refractivity contribution in [3.8, 4) is 11.1 Å². The third kappa shape index (κ3) is 5.55. The maximum absolute atomic E-state index is 14.3. The van der Waals surface area contributed by atoms with Crippen LogP contribution in [0.2, 0.25) is 0 Å². The molecule has 4 heterocycles. The lowest BCUT2D eigenvalue weighted by molar-refractivity contribution is 0.516. The molecule has 0 spiro atoms. The Hall–Kier alpha value is -3.58. The van der Waals surface area contributed by atoms with Crippen LogP contribution in [0.5, 0.6) is 0 Å². The Morgan fingerprint density at radius 3 is 2.57 bits per heavy atom. The maximum atomic E-state index is 14.3. The van der Waals surface area contributed by atoms with Crippen molar-refractivity contribution in [3.63, 3.8) is 0 Å². The minimum atomic E-state index is -3.89. The average Bonchev–Trinajstić information content (AvgIpc) is 3.78. The van der Waals surface area contributed by atoms with Crippen molar-refractivity contribution in [1.29, 1.82) is 0 Å². The van der Waals surface area contributed by atoms with Crippen molar-refractivity contribution in [2.75, 3.05) is 24.2 Å². The first kappa shape index (κ1) is 29.1. The fraction of sp³-hybridized carbons (Fsp3) is 0.312. The number of rotatable bonds is 7. The SMILES string of the molecule is Cc1ccc(-c2cc3cnc(Nc4ccc(C5CNCCS5)cc4)nc3n(C3CCCC3)c2=O)c(S(=O)(=O)c2cncs2)c1. The second-order valence-corrected chi connectivity index (χ2v) is 15.6. The molecule has 12 heteroatoms. The van der Waals surface area contributed by atoms with Crippen molar-refractivity contribution < 1.29 is 8.42 Å². The van der Waals surface area contributed by atoms with Crippen LogP contribution in [0.4, 0.5) is 11.6 Å². The molecule has 44 heavy (non-hydrogen) atoms. The van der Waals surface area contributed by atoms with Gasteiger partial charge in [-0.1, -0.05) is 37.1 Å². The van der Waals surface area contributed by atoms with Crippen molar-refractivity contribution in [1.82, 2.24) is 24.8 Å². The molecule has 0 bridgehead atoms. The van der Waals surface area contributed by atoms with Gasteiger partial charge in [-0.2, -0.15) is 16.7 Å². The molecule has 1 atom stereocenters. The first-order valence-electron chi connectivity index (χ1n) is 14.7. The molecule has 9 nitrogen and oxygen atoms in total. The molecule has 2 N–H and O–H groups in total. The van der Waals surface area contributed by atoms with Gasteiger partial charge in [-0.15, -0.1) is 11.3 Å². The molecule has 2 aromatic carbocycles. The fourth-order valence-corrected chi connectivity index (χ4v) is 9.69. The second kappa shape index (κ2) is 12.1. The summed E-state index contributed by atoms with van der Waals surface area (Å²) in [5.74, 6) is 1.51. The van der Waals surface area contributed by atoms with Crippen LogP contribution < -0.4 is 16.2 Å². The van der Waals surface area contributed by atoms with Crippen LogP contribution in [0.3, 0.4) is 0 Å². The third-order valence-electron chi connectivity index (χ3n) is 8.32. The lowest BCUT2D eigenvalue weighted by Gasteiger charge is -2.22. The van der Waals surface area contributed by atoms with Gasteiger partial charge in [0.05, 0.1) is 16.6 Å². The molecular formula is C32H32N6O3S3. The standard InChI is InChI=1S/C32H32N6O3S3/c1-20-6-11-25(28(14-20)44(40,41)29-18-34-19-43-29)26-15-22-16-35-32(37-30(22)38(31(26)39)24-4-2-3-5-24)36-23-9-7-21(8-10-23)27-17-33-12-13-42-27/h6-11,14-16,18-19,24,27,33H,2-5,12-13,17H2,1H3,(H,35,36,37). The van der Waals surface area contributed by atoms with Crippen molar-refractivity contribution >= 4 is 55.6 Å². The molecule has 7 rings (SSSR count). The zero-order valence-electron chi connectivity index (χ0n) is 24.2. The second-order valence-electron chi connectivity index (χ2n) is 11.3. The number of anilines is 2. The van der Waals surface area contributed by atoms with E-state index in [1.807, 2.05) is 36.9 Å². The van der Waals surface area contributed by atoms with E-state index in [1.165, 1.54) is 17.3 Å². The number of aromatic nitrogens is 4. The summed E-state index contributed by atoms with van der Waals surface area (Å²) in [6.07, 6.45) is 6.83. The highest BCUT2D eigenvalue weighted by Gasteiger charge is 2.28. The number of fused-ring (bicyclic) bond motifs is 1. The smallest absolute Gasteiger partial charge is 0.260 e. The highest BCUT2D eigenvalue weighted by atomic mass is 32.2. The van der Waals surface area contributed by atoms with E-state index in [1.54, 1.807) is 29.0 Å². The van der Waals surface area contributed by atoms with Gasteiger partial charge in [-0.25, -0.2) is 13.4 Å². The van der Waals surface area contributed by atoms with Crippen LogP contribution in [0.25, 0.3) is 22.2 Å². The van der Waals surface area contributed by atoms with E-state index in [-0.39, 0.29) is 20.7 Å². The number of hydrogen-bond acceptors (Lipinski definition) is 10. The van der Waals surface area contributed by atoms with Crippen LogP contribution in [0.15, 0.2) is 80.3 Å². The summed E-state index contributed by atoms with van der Waals surface area (Å²) in [6, 6.07) is 15.2. The van der Waals surface area contributed by atoms with Crippen molar-refractivity contribution in [3.05, 3.63) is 87.9 Å². The number of thiazole rings is 1. The number of nitrogens with zero attached hydrogens (tertiary/aromatic N) is 4. The molecule has 3 aromatic heterocycles. The molecular weight excluding hydrogens is 613 g/mol. The number of thioether (sulfide) groups is 1. The van der Waals surface area contributed by atoms with Gasteiger partial charge in [0.2, 0.25) is 15.8 Å². The van der Waals surface area contributed by atoms with E-state index >= 15 is 0 Å². The first-order valence-corrected chi connectivity index (χ1v) is 18.2. The van der Waals surface area contributed by atoms with Gasteiger partial charge in [-0.3, -0.25) is 14.3 Å². The molecule has 1 aliphatic carbocycles. The molecule has 1 saturated heterocycles. The van der Waals surface area contributed by atoms with Gasteiger partial charge in [0.25, 0.3) is 5.56 Å². The van der Waals surface area contributed by atoms with E-state index in [2.05, 4.69) is 32.7 Å². The van der Waals surface area contributed by atoms with Crippen LogP contribution in [0, 0.1) is 6.92 Å². The third-order valence-corrected chi connectivity index (χ3v) is 12.7. The molecule has 2 fully saturated rings. The van der Waals surface area contributed by atoms with Crippen LogP contribution in [-0.2, 0) is 9.84 Å². The lowest BCUT2D eigenvalue weighted by atomic mass is 10.0. The summed E-state index contributed by atoms with van der Waals surface area (Å²) >= 11 is 3.03. The zero-order chi connectivity index (χ0) is 30.3. The number of benzene rings is 2. The average molecular weight is 645 g/mol. The monoisotopic (exact) mass is 644 g/mol. The normalized spacial score (nSPS) is 17.7. The number of sulfone groups is 1. The van der Waals surface area contributed by atoms with E-state index in [4.69, 9.17) is 4.98 Å². The summed E-state index contributed by atoms with van der Waals surface area (Å²) in [5, 5.41) is 7.89. The Balaban J connectivity index is 1.31.